The second kappa shape index (κ2) is 6.24. The maximum Gasteiger partial charge on any atom is 0.336 e. The molecule has 2 rings (SSSR count). The van der Waals surface area contributed by atoms with Gasteiger partial charge in [-0.25, -0.2) is 9.18 Å². The summed E-state index contributed by atoms with van der Waals surface area (Å²) in [5.41, 5.74) is -0.588. The summed E-state index contributed by atoms with van der Waals surface area (Å²) in [6.45, 7) is -0.546. The largest absolute Gasteiger partial charge is 0.478 e. The number of aliphatic hydroxyl groups excluding tert-OH is 1. The number of anilines is 1. The highest BCUT2D eigenvalue weighted by Gasteiger charge is 2.31. The Morgan fingerprint density at radius 1 is 1.36 bits per heavy atom. The topological polar surface area (TPSA) is 107 Å². The van der Waals surface area contributed by atoms with Crippen LogP contribution in [0.2, 0.25) is 0 Å². The van der Waals surface area contributed by atoms with E-state index in [4.69, 9.17) is 10.2 Å². The van der Waals surface area contributed by atoms with E-state index in [0.717, 1.165) is 23.1 Å². The molecule has 0 fully saturated rings. The van der Waals surface area contributed by atoms with E-state index >= 15 is 0 Å². The van der Waals surface area contributed by atoms with Gasteiger partial charge in [-0.3, -0.25) is 14.5 Å². The number of nitrogens with one attached hydrogen (secondary N) is 1. The molecule has 7 nitrogen and oxygen atoms in total. The molecule has 0 saturated carbocycles. The summed E-state index contributed by atoms with van der Waals surface area (Å²) in [6.07, 6.45) is 0.983. The number of benzene rings is 1. The Bertz CT molecular complexity index is 704. The number of imide groups is 1. The first-order valence-electron chi connectivity index (χ1n) is 6.03. The fraction of sp³-hybridized carbons (Fsp3) is 0.154. The van der Waals surface area contributed by atoms with Crippen molar-refractivity contribution >= 4 is 39.4 Å². The quantitative estimate of drug-likeness (QED) is 0.664. The summed E-state index contributed by atoms with van der Waals surface area (Å²) in [7, 11) is 0. The lowest BCUT2D eigenvalue weighted by atomic mass is 10.2. The van der Waals surface area contributed by atoms with Gasteiger partial charge in [0, 0.05) is 10.5 Å². The molecule has 0 unspecified atom stereocenters. The molecule has 0 saturated heterocycles. The van der Waals surface area contributed by atoms with Crippen molar-refractivity contribution in [1.82, 2.24) is 4.90 Å². The molecular weight excluding hydrogens is 363 g/mol. The highest BCUT2D eigenvalue weighted by atomic mass is 79.9. The fourth-order valence-corrected chi connectivity index (χ4v) is 2.37. The first-order chi connectivity index (χ1) is 10.3. The molecule has 0 aliphatic carbocycles. The van der Waals surface area contributed by atoms with Gasteiger partial charge >= 0.3 is 5.97 Å². The number of rotatable bonds is 5. The number of carbonyl (C=O) groups is 3. The molecule has 116 valence electrons. The predicted molar refractivity (Wildman–Crippen MR) is 76.6 cm³/mol. The van der Waals surface area contributed by atoms with Crippen LogP contribution in [0, 0.1) is 5.82 Å². The number of aromatic carboxylic acids is 1. The summed E-state index contributed by atoms with van der Waals surface area (Å²) < 4.78 is 14.0. The summed E-state index contributed by atoms with van der Waals surface area (Å²) in [5.74, 6) is -3.51. The average molecular weight is 373 g/mol. The zero-order valence-electron chi connectivity index (χ0n) is 11.0. The lowest BCUT2D eigenvalue weighted by molar-refractivity contribution is -0.137. The van der Waals surface area contributed by atoms with Crippen LogP contribution in [-0.4, -0.2) is 46.0 Å². The third kappa shape index (κ3) is 3.00. The van der Waals surface area contributed by atoms with Gasteiger partial charge < -0.3 is 15.5 Å². The Kier molecular flexibility index (Phi) is 4.57. The van der Waals surface area contributed by atoms with E-state index in [2.05, 4.69) is 21.2 Å². The fourth-order valence-electron chi connectivity index (χ4n) is 1.86. The highest BCUT2D eigenvalue weighted by Crippen LogP contribution is 2.27. The normalized spacial score (nSPS) is 14.3. The maximum atomic E-state index is 13.9. The van der Waals surface area contributed by atoms with E-state index in [9.17, 15) is 18.8 Å². The molecule has 0 aromatic heterocycles. The van der Waals surface area contributed by atoms with Crippen LogP contribution < -0.4 is 5.32 Å². The number of aliphatic hydroxyl groups is 1. The Morgan fingerprint density at radius 2 is 2.05 bits per heavy atom. The minimum Gasteiger partial charge on any atom is -0.478 e. The third-order valence-electron chi connectivity index (χ3n) is 2.89. The van der Waals surface area contributed by atoms with Crippen molar-refractivity contribution in [2.45, 2.75) is 0 Å². The number of carboxylic acid groups (broad SMARTS) is 1. The second-order valence-corrected chi connectivity index (χ2v) is 5.17. The molecule has 0 radical (unpaired) electrons. The van der Waals surface area contributed by atoms with Gasteiger partial charge in [-0.2, -0.15) is 0 Å². The molecule has 0 spiro atoms. The van der Waals surface area contributed by atoms with E-state index in [1.807, 2.05) is 0 Å². The Balaban J connectivity index is 2.27. The lowest BCUT2D eigenvalue weighted by Gasteiger charge is -2.14. The van der Waals surface area contributed by atoms with Crippen LogP contribution in [0.25, 0.3) is 0 Å². The molecule has 1 aromatic rings. The number of hydrogen-bond acceptors (Lipinski definition) is 5. The number of β-amino-alcohol motifs (C(OH)–C–C–N with tert-alkyl or cyclic N) is 1. The van der Waals surface area contributed by atoms with E-state index in [0.29, 0.717) is 0 Å². The first-order valence-corrected chi connectivity index (χ1v) is 6.82. The summed E-state index contributed by atoms with van der Waals surface area (Å²) in [6, 6.07) is 1.95. The average Bonchev–Trinajstić information content (AvgIpc) is 2.70. The zero-order valence-corrected chi connectivity index (χ0v) is 12.6. The van der Waals surface area contributed by atoms with Crippen molar-refractivity contribution in [3.63, 3.8) is 0 Å². The van der Waals surface area contributed by atoms with Crippen molar-refractivity contribution in [2.24, 2.45) is 0 Å². The van der Waals surface area contributed by atoms with Gasteiger partial charge in [0.1, 0.15) is 11.5 Å². The van der Waals surface area contributed by atoms with Crippen LogP contribution in [-0.2, 0) is 9.59 Å². The smallest absolute Gasteiger partial charge is 0.336 e. The lowest BCUT2D eigenvalue weighted by Crippen LogP contribution is -2.34. The van der Waals surface area contributed by atoms with Crippen molar-refractivity contribution < 1.29 is 29.0 Å². The standard InChI is InChI=1S/C13H10BrFN2O5/c14-7-4-9(8(15)3-6(7)13(21)22)16-10-5-11(19)17(1-2-18)12(10)20/h3-5,16,18H,1-2H2,(H,21,22). The minimum absolute atomic E-state index is 0.119. The Labute approximate surface area is 132 Å². The van der Waals surface area contributed by atoms with E-state index in [1.54, 1.807) is 0 Å². The molecular formula is C13H10BrFN2O5. The molecule has 0 bridgehead atoms. The van der Waals surface area contributed by atoms with Gasteiger partial charge in [0.2, 0.25) is 0 Å². The van der Waals surface area contributed by atoms with Gasteiger partial charge in [-0.1, -0.05) is 0 Å². The van der Waals surface area contributed by atoms with E-state index in [-0.39, 0.29) is 34.6 Å². The van der Waals surface area contributed by atoms with Crippen LogP contribution in [0.3, 0.4) is 0 Å². The molecule has 1 aliphatic heterocycles. The molecule has 3 N–H and O–H groups in total. The van der Waals surface area contributed by atoms with E-state index < -0.39 is 23.6 Å². The van der Waals surface area contributed by atoms with Gasteiger partial charge in [0.05, 0.1) is 24.4 Å². The van der Waals surface area contributed by atoms with Crippen LogP contribution in [0.4, 0.5) is 10.1 Å². The number of carbonyl (C=O) groups excluding carboxylic acids is 2. The van der Waals surface area contributed by atoms with Crippen molar-refractivity contribution in [3.05, 3.63) is 39.8 Å². The molecule has 1 aliphatic rings. The third-order valence-corrected chi connectivity index (χ3v) is 3.55. The van der Waals surface area contributed by atoms with E-state index in [1.165, 1.54) is 0 Å². The molecule has 1 heterocycles. The van der Waals surface area contributed by atoms with Crippen LogP contribution in [0.1, 0.15) is 10.4 Å². The zero-order chi connectivity index (χ0) is 16.4. The van der Waals surface area contributed by atoms with Crippen LogP contribution >= 0.6 is 15.9 Å². The summed E-state index contributed by atoms with van der Waals surface area (Å²) >= 11 is 2.99. The molecule has 2 amide bonds. The van der Waals surface area contributed by atoms with Gasteiger partial charge in [-0.15, -0.1) is 0 Å². The monoisotopic (exact) mass is 372 g/mol. The number of amides is 2. The molecule has 9 heteroatoms. The number of hydrogen-bond donors (Lipinski definition) is 3. The van der Waals surface area contributed by atoms with Crippen molar-refractivity contribution in [1.29, 1.82) is 0 Å². The minimum atomic E-state index is -1.31. The number of carboxylic acids is 1. The Hall–Kier alpha value is -2.26. The van der Waals surface area contributed by atoms with Crippen molar-refractivity contribution in [3.8, 4) is 0 Å². The molecule has 0 atom stereocenters. The predicted octanol–water partition coefficient (Wildman–Crippen LogP) is 0.943. The number of halogens is 2. The highest BCUT2D eigenvalue weighted by molar-refractivity contribution is 9.10. The maximum absolute atomic E-state index is 13.9. The Morgan fingerprint density at radius 3 is 2.64 bits per heavy atom. The number of nitrogens with zero attached hydrogens (tertiary/aromatic N) is 1. The second-order valence-electron chi connectivity index (χ2n) is 4.32. The van der Waals surface area contributed by atoms with Gasteiger partial charge in [-0.05, 0) is 28.1 Å². The summed E-state index contributed by atoms with van der Waals surface area (Å²) in [5, 5.41) is 20.1. The molecule has 22 heavy (non-hydrogen) atoms. The van der Waals surface area contributed by atoms with Gasteiger partial charge in [0.25, 0.3) is 11.8 Å². The first kappa shape index (κ1) is 16.1. The van der Waals surface area contributed by atoms with Crippen LogP contribution in [0.15, 0.2) is 28.4 Å². The van der Waals surface area contributed by atoms with Crippen molar-refractivity contribution in [2.75, 3.05) is 18.5 Å². The SMILES string of the molecule is O=C(O)c1cc(F)c(NC2=CC(=O)N(CCO)C2=O)cc1Br. The van der Waals surface area contributed by atoms with Crippen LogP contribution in [0.5, 0.6) is 0 Å². The summed E-state index contributed by atoms with van der Waals surface area (Å²) in [4.78, 5) is 35.2. The van der Waals surface area contributed by atoms with Gasteiger partial charge in [0.15, 0.2) is 0 Å². The molecule has 1 aromatic carbocycles.